The van der Waals surface area contributed by atoms with Gasteiger partial charge in [0.25, 0.3) is 0 Å². The molecule has 1 aromatic carbocycles. The summed E-state index contributed by atoms with van der Waals surface area (Å²) in [5.74, 6) is 1.10. The van der Waals surface area contributed by atoms with Crippen LogP contribution in [0, 0.1) is 17.2 Å². The van der Waals surface area contributed by atoms with Gasteiger partial charge in [-0.1, -0.05) is 6.07 Å². The fourth-order valence-electron chi connectivity index (χ4n) is 3.66. The lowest BCUT2D eigenvalue weighted by molar-refractivity contribution is 0.133. The predicted molar refractivity (Wildman–Crippen MR) is 83.7 cm³/mol. The molecule has 3 atom stereocenters. The number of nitrogens with two attached hydrogens (primary N) is 1. The minimum absolute atomic E-state index is 0.127. The second kappa shape index (κ2) is 5.30. The van der Waals surface area contributed by atoms with Crippen molar-refractivity contribution in [2.24, 2.45) is 17.6 Å². The Kier molecular flexibility index (Phi) is 3.65. The zero-order valence-electron chi connectivity index (χ0n) is 11.7. The van der Waals surface area contributed by atoms with Crippen LogP contribution in [0.25, 0.3) is 0 Å². The largest absolute Gasteiger partial charge is 0.393 e. The molecule has 4 nitrogen and oxygen atoms in total. The summed E-state index contributed by atoms with van der Waals surface area (Å²) >= 11 is 1.62. The number of aliphatic hydroxyl groups is 1. The van der Waals surface area contributed by atoms with Crippen molar-refractivity contribution >= 4 is 23.3 Å². The van der Waals surface area contributed by atoms with E-state index in [1.165, 1.54) is 0 Å². The van der Waals surface area contributed by atoms with Crippen molar-refractivity contribution < 1.29 is 5.11 Å². The van der Waals surface area contributed by atoms with Crippen LogP contribution in [-0.2, 0) is 0 Å². The molecule has 0 amide bonds. The molecule has 0 radical (unpaired) electrons. The van der Waals surface area contributed by atoms with Gasteiger partial charge in [0.05, 0.1) is 11.7 Å². The summed E-state index contributed by atoms with van der Waals surface area (Å²) in [6, 6.07) is 6.08. The van der Waals surface area contributed by atoms with Gasteiger partial charge in [0.2, 0.25) is 0 Å². The average molecular weight is 291 g/mol. The monoisotopic (exact) mass is 291 g/mol. The number of benzene rings is 1. The third kappa shape index (κ3) is 2.19. The van der Waals surface area contributed by atoms with Crippen LogP contribution in [0.1, 0.15) is 18.4 Å². The van der Waals surface area contributed by atoms with Crippen LogP contribution >= 0.6 is 11.8 Å². The summed E-state index contributed by atoms with van der Waals surface area (Å²) in [7, 11) is 0. The van der Waals surface area contributed by atoms with Crippen molar-refractivity contribution in [2.75, 3.05) is 24.2 Å². The minimum Gasteiger partial charge on any atom is -0.393 e. The van der Waals surface area contributed by atoms with Crippen LogP contribution < -0.4 is 10.6 Å². The van der Waals surface area contributed by atoms with Crippen molar-refractivity contribution in [3.63, 3.8) is 0 Å². The zero-order chi connectivity index (χ0) is 14.3. The summed E-state index contributed by atoms with van der Waals surface area (Å²) in [5.41, 5.74) is 7.68. The Hall–Kier alpha value is -1.20. The van der Waals surface area contributed by atoms with Gasteiger partial charge in [0.1, 0.15) is 5.84 Å². The number of rotatable bonds is 3. The summed E-state index contributed by atoms with van der Waals surface area (Å²) in [4.78, 5) is 3.35. The lowest BCUT2D eigenvalue weighted by Gasteiger charge is -2.24. The Bertz CT molecular complexity index is 534. The van der Waals surface area contributed by atoms with Gasteiger partial charge in [0.15, 0.2) is 0 Å². The van der Waals surface area contributed by atoms with Crippen molar-refractivity contribution in [1.82, 2.24) is 0 Å². The first kappa shape index (κ1) is 13.8. The van der Waals surface area contributed by atoms with Gasteiger partial charge in [-0.15, -0.1) is 11.8 Å². The molecule has 0 aromatic heterocycles. The molecule has 1 heterocycles. The number of anilines is 1. The lowest BCUT2D eigenvalue weighted by atomic mass is 10.00. The minimum atomic E-state index is -0.158. The topological polar surface area (TPSA) is 73.3 Å². The number of nitrogens with zero attached hydrogens (tertiary/aromatic N) is 1. The number of fused-ring (bicyclic) bond motifs is 1. The highest BCUT2D eigenvalue weighted by atomic mass is 32.2. The molecule has 0 bridgehead atoms. The Morgan fingerprint density at radius 1 is 1.40 bits per heavy atom. The van der Waals surface area contributed by atoms with Gasteiger partial charge in [-0.25, -0.2) is 0 Å². The molecule has 0 spiro atoms. The van der Waals surface area contributed by atoms with E-state index in [2.05, 4.69) is 4.90 Å². The highest BCUT2D eigenvalue weighted by Crippen LogP contribution is 2.41. The smallest absolute Gasteiger partial charge is 0.126 e. The first-order valence-electron chi connectivity index (χ1n) is 7.06. The molecule has 4 N–H and O–H groups in total. The second-order valence-corrected chi connectivity index (χ2v) is 6.59. The summed E-state index contributed by atoms with van der Waals surface area (Å²) < 4.78 is 0. The third-order valence-corrected chi connectivity index (χ3v) is 5.43. The zero-order valence-corrected chi connectivity index (χ0v) is 12.5. The van der Waals surface area contributed by atoms with Crippen LogP contribution in [0.15, 0.2) is 23.1 Å². The van der Waals surface area contributed by atoms with E-state index in [1.54, 1.807) is 11.8 Å². The quantitative estimate of drug-likeness (QED) is 0.452. The van der Waals surface area contributed by atoms with E-state index in [1.807, 2.05) is 24.5 Å². The number of aliphatic hydroxyl groups excluding tert-OH is 1. The summed E-state index contributed by atoms with van der Waals surface area (Å²) in [6.45, 7) is 1.85. The number of hydrogen-bond acceptors (Lipinski definition) is 4. The van der Waals surface area contributed by atoms with Crippen LogP contribution in [-0.4, -0.2) is 36.4 Å². The predicted octanol–water partition coefficient (Wildman–Crippen LogP) is 1.90. The maximum Gasteiger partial charge on any atom is 0.126 e. The molecule has 5 heteroatoms. The summed E-state index contributed by atoms with van der Waals surface area (Å²) in [5, 5.41) is 17.9. The van der Waals surface area contributed by atoms with E-state index < -0.39 is 0 Å². The number of thioether (sulfide) groups is 1. The van der Waals surface area contributed by atoms with Crippen molar-refractivity contribution in [1.29, 1.82) is 5.41 Å². The Labute approximate surface area is 123 Å². The standard InChI is InChI=1S/C15H21N3OS/c1-20-13-4-2-3-11(14(13)15(16)17)18-7-9-5-6-12(19)10(9)8-18/h2-4,9-10,12,19H,5-8H2,1H3,(H3,16,17). The molecule has 3 rings (SSSR count). The van der Waals surface area contributed by atoms with Crippen LogP contribution in [0.3, 0.4) is 0 Å². The molecule has 1 aliphatic carbocycles. The maximum absolute atomic E-state index is 10.0. The molecule has 108 valence electrons. The summed E-state index contributed by atoms with van der Waals surface area (Å²) in [6.07, 6.45) is 3.90. The Morgan fingerprint density at radius 3 is 2.85 bits per heavy atom. The number of nitrogen functional groups attached to an aromatic ring is 1. The maximum atomic E-state index is 10.0. The number of hydrogen-bond donors (Lipinski definition) is 3. The normalized spacial score (nSPS) is 28.7. The van der Waals surface area contributed by atoms with Crippen LogP contribution in [0.4, 0.5) is 5.69 Å². The number of amidine groups is 1. The highest BCUT2D eigenvalue weighted by Gasteiger charge is 2.42. The number of nitrogens with one attached hydrogen (secondary N) is 1. The van der Waals surface area contributed by atoms with Gasteiger partial charge >= 0.3 is 0 Å². The van der Waals surface area contributed by atoms with E-state index in [-0.39, 0.29) is 11.9 Å². The molecule has 2 fully saturated rings. The second-order valence-electron chi connectivity index (χ2n) is 5.74. The van der Waals surface area contributed by atoms with E-state index in [4.69, 9.17) is 11.1 Å². The lowest BCUT2D eigenvalue weighted by Crippen LogP contribution is -2.27. The van der Waals surface area contributed by atoms with Crippen LogP contribution in [0.2, 0.25) is 0 Å². The van der Waals surface area contributed by atoms with E-state index in [0.717, 1.165) is 42.1 Å². The fraction of sp³-hybridized carbons (Fsp3) is 0.533. The van der Waals surface area contributed by atoms with Gasteiger partial charge < -0.3 is 15.7 Å². The van der Waals surface area contributed by atoms with E-state index in [9.17, 15) is 5.11 Å². The molecule has 1 saturated carbocycles. The molecule has 2 aliphatic rings. The van der Waals surface area contributed by atoms with Gasteiger partial charge in [-0.2, -0.15) is 0 Å². The molecular weight excluding hydrogens is 270 g/mol. The van der Waals surface area contributed by atoms with Gasteiger partial charge in [-0.3, -0.25) is 5.41 Å². The van der Waals surface area contributed by atoms with Crippen LogP contribution in [0.5, 0.6) is 0 Å². The van der Waals surface area contributed by atoms with Crippen molar-refractivity contribution in [3.8, 4) is 0 Å². The molecular formula is C15H21N3OS. The Balaban J connectivity index is 1.93. The molecule has 1 aromatic rings. The Morgan fingerprint density at radius 2 is 2.20 bits per heavy atom. The van der Waals surface area contributed by atoms with Crippen molar-refractivity contribution in [2.45, 2.75) is 23.8 Å². The average Bonchev–Trinajstić information content (AvgIpc) is 3.00. The molecule has 1 aliphatic heterocycles. The molecule has 20 heavy (non-hydrogen) atoms. The first-order chi connectivity index (χ1) is 9.61. The van der Waals surface area contributed by atoms with E-state index in [0.29, 0.717) is 11.8 Å². The molecule has 1 saturated heterocycles. The first-order valence-corrected chi connectivity index (χ1v) is 8.28. The third-order valence-electron chi connectivity index (χ3n) is 4.65. The van der Waals surface area contributed by atoms with Gasteiger partial charge in [0, 0.05) is 29.6 Å². The highest BCUT2D eigenvalue weighted by molar-refractivity contribution is 7.98. The molecule has 3 unspecified atom stereocenters. The SMILES string of the molecule is CSc1cccc(N2CC3CCC(O)C3C2)c1C(=N)N. The van der Waals surface area contributed by atoms with Crippen molar-refractivity contribution in [3.05, 3.63) is 23.8 Å². The van der Waals surface area contributed by atoms with Gasteiger partial charge in [-0.05, 0) is 37.1 Å². The fourth-order valence-corrected chi connectivity index (χ4v) is 4.29. The van der Waals surface area contributed by atoms with E-state index >= 15 is 0 Å².